The first-order chi connectivity index (χ1) is 15.0. The van der Waals surface area contributed by atoms with Crippen molar-refractivity contribution in [1.82, 2.24) is 4.98 Å². The number of aryl methyl sites for hydroxylation is 1. The average Bonchev–Trinajstić information content (AvgIpc) is 2.80. The number of esters is 1. The van der Waals surface area contributed by atoms with Crippen molar-refractivity contribution < 1.29 is 9.53 Å². The zero-order valence-corrected chi connectivity index (χ0v) is 20.2. The van der Waals surface area contributed by atoms with Crippen LogP contribution in [0.15, 0.2) is 42.6 Å². The van der Waals surface area contributed by atoms with Crippen molar-refractivity contribution >= 4 is 17.6 Å². The lowest BCUT2D eigenvalue weighted by atomic mass is 10.0. The number of nitrogens with zero attached hydrogens (tertiary/aromatic N) is 1. The fourth-order valence-electron chi connectivity index (χ4n) is 3.51. The van der Waals surface area contributed by atoms with Crippen molar-refractivity contribution in [3.8, 4) is 17.0 Å². The summed E-state index contributed by atoms with van der Waals surface area (Å²) in [7, 11) is 0. The fraction of sp³-hybridized carbons (Fsp3) is 0.556. The molecule has 0 aliphatic rings. The Hall–Kier alpha value is -1.87. The topological polar surface area (TPSA) is 39.2 Å². The van der Waals surface area contributed by atoms with Crippen LogP contribution in [-0.4, -0.2) is 16.3 Å². The maximum atomic E-state index is 12.1. The molecule has 0 aliphatic carbocycles. The summed E-state index contributed by atoms with van der Waals surface area (Å²) in [6, 6.07) is 11.7. The summed E-state index contributed by atoms with van der Waals surface area (Å²) in [4.78, 5) is 16.7. The maximum Gasteiger partial charge on any atom is 0.329 e. The normalized spacial score (nSPS) is 13.0. The number of hydrogen-bond donors (Lipinski definition) is 0. The number of benzene rings is 1. The smallest absolute Gasteiger partial charge is 0.329 e. The SMILES string of the molecule is CCCCCCCCCCc1ccc(-c2ccc(OC(=O)C(Cl)C(C)CC)cc2)nc1. The summed E-state index contributed by atoms with van der Waals surface area (Å²) < 4.78 is 5.41. The molecule has 0 fully saturated rings. The number of halogens is 1. The summed E-state index contributed by atoms with van der Waals surface area (Å²) >= 11 is 6.17. The zero-order chi connectivity index (χ0) is 22.5. The fourth-order valence-corrected chi connectivity index (χ4v) is 3.73. The van der Waals surface area contributed by atoms with Gasteiger partial charge in [0.1, 0.15) is 11.1 Å². The first-order valence-electron chi connectivity index (χ1n) is 12.0. The van der Waals surface area contributed by atoms with Crippen LogP contribution in [0, 0.1) is 5.92 Å². The molecule has 0 saturated carbocycles. The van der Waals surface area contributed by atoms with Crippen molar-refractivity contribution in [1.29, 1.82) is 0 Å². The van der Waals surface area contributed by atoms with E-state index in [1.165, 1.54) is 56.9 Å². The largest absolute Gasteiger partial charge is 0.425 e. The van der Waals surface area contributed by atoms with E-state index >= 15 is 0 Å². The predicted molar refractivity (Wildman–Crippen MR) is 131 cm³/mol. The second-order valence-corrected chi connectivity index (χ2v) is 8.98. The summed E-state index contributed by atoms with van der Waals surface area (Å²) in [5.74, 6) is 0.197. The Bertz CT molecular complexity index is 758. The van der Waals surface area contributed by atoms with E-state index in [-0.39, 0.29) is 5.92 Å². The van der Waals surface area contributed by atoms with E-state index in [2.05, 4.69) is 24.0 Å². The lowest BCUT2D eigenvalue weighted by Gasteiger charge is -2.15. The molecule has 4 heteroatoms. The van der Waals surface area contributed by atoms with Crippen molar-refractivity contribution in [2.24, 2.45) is 5.92 Å². The van der Waals surface area contributed by atoms with E-state index in [0.717, 1.165) is 24.1 Å². The molecule has 0 N–H and O–H groups in total. The van der Waals surface area contributed by atoms with Crippen LogP contribution in [0.2, 0.25) is 0 Å². The molecule has 0 aliphatic heterocycles. The Morgan fingerprint density at radius 1 is 0.935 bits per heavy atom. The van der Waals surface area contributed by atoms with Crippen LogP contribution in [0.5, 0.6) is 5.75 Å². The lowest BCUT2D eigenvalue weighted by Crippen LogP contribution is -2.26. The molecule has 2 unspecified atom stereocenters. The third kappa shape index (κ3) is 9.03. The van der Waals surface area contributed by atoms with Crippen LogP contribution in [0.25, 0.3) is 11.3 Å². The van der Waals surface area contributed by atoms with E-state index < -0.39 is 11.3 Å². The monoisotopic (exact) mass is 443 g/mol. The molecular formula is C27H38ClNO2. The van der Waals surface area contributed by atoms with Gasteiger partial charge in [0.2, 0.25) is 0 Å². The van der Waals surface area contributed by atoms with Gasteiger partial charge in [0.15, 0.2) is 0 Å². The van der Waals surface area contributed by atoms with Gasteiger partial charge < -0.3 is 4.74 Å². The highest BCUT2D eigenvalue weighted by atomic mass is 35.5. The van der Waals surface area contributed by atoms with Crippen LogP contribution < -0.4 is 4.74 Å². The highest BCUT2D eigenvalue weighted by Gasteiger charge is 2.23. The quantitative estimate of drug-likeness (QED) is 0.128. The number of pyridine rings is 1. The highest BCUT2D eigenvalue weighted by molar-refractivity contribution is 6.30. The Labute approximate surface area is 193 Å². The molecule has 2 aromatic rings. The van der Waals surface area contributed by atoms with Crippen LogP contribution >= 0.6 is 11.6 Å². The van der Waals surface area contributed by atoms with Gasteiger partial charge in [0, 0.05) is 11.8 Å². The molecule has 3 nitrogen and oxygen atoms in total. The van der Waals surface area contributed by atoms with E-state index in [1.807, 2.05) is 32.2 Å². The predicted octanol–water partition coefficient (Wildman–Crippen LogP) is 7.99. The van der Waals surface area contributed by atoms with Gasteiger partial charge in [-0.25, -0.2) is 0 Å². The Kier molecular flexibility index (Phi) is 11.7. The summed E-state index contributed by atoms with van der Waals surface area (Å²) in [5, 5.41) is -0.625. The first-order valence-corrected chi connectivity index (χ1v) is 12.4. The highest BCUT2D eigenvalue weighted by Crippen LogP contribution is 2.23. The van der Waals surface area contributed by atoms with Crippen LogP contribution in [0.1, 0.15) is 84.1 Å². The number of ether oxygens (including phenoxy) is 1. The first kappa shape index (κ1) is 25.4. The van der Waals surface area contributed by atoms with E-state index in [4.69, 9.17) is 16.3 Å². The van der Waals surface area contributed by atoms with Crippen LogP contribution in [0.3, 0.4) is 0 Å². The van der Waals surface area contributed by atoms with Gasteiger partial charge in [-0.3, -0.25) is 9.78 Å². The Morgan fingerprint density at radius 2 is 1.58 bits per heavy atom. The number of unbranched alkanes of at least 4 members (excludes halogenated alkanes) is 7. The van der Waals surface area contributed by atoms with Gasteiger partial charge in [-0.2, -0.15) is 0 Å². The number of aromatic nitrogens is 1. The maximum absolute atomic E-state index is 12.1. The molecule has 0 spiro atoms. The number of alkyl halides is 1. The molecule has 0 saturated heterocycles. The van der Waals surface area contributed by atoms with Gasteiger partial charge >= 0.3 is 5.97 Å². The molecular weight excluding hydrogens is 406 g/mol. The minimum Gasteiger partial charge on any atom is -0.425 e. The third-order valence-electron chi connectivity index (χ3n) is 5.88. The molecule has 2 rings (SSSR count). The molecule has 1 aromatic heterocycles. The molecule has 31 heavy (non-hydrogen) atoms. The van der Waals surface area contributed by atoms with Crippen molar-refractivity contribution in [3.05, 3.63) is 48.2 Å². The van der Waals surface area contributed by atoms with E-state index in [9.17, 15) is 4.79 Å². The number of rotatable bonds is 14. The van der Waals surface area contributed by atoms with Crippen molar-refractivity contribution in [2.75, 3.05) is 0 Å². The number of hydrogen-bond acceptors (Lipinski definition) is 3. The number of carbonyl (C=O) groups is 1. The van der Waals surface area contributed by atoms with Gasteiger partial charge in [-0.05, 0) is 54.7 Å². The van der Waals surface area contributed by atoms with Gasteiger partial charge in [0.25, 0.3) is 0 Å². The zero-order valence-electron chi connectivity index (χ0n) is 19.4. The van der Waals surface area contributed by atoms with Gasteiger partial charge in [-0.15, -0.1) is 11.6 Å². The standard InChI is InChI=1S/C27H38ClNO2/c1-4-6-7-8-9-10-11-12-13-22-14-19-25(29-20-22)23-15-17-24(18-16-23)31-27(30)26(28)21(3)5-2/h14-21,26H,4-13H2,1-3H3. The van der Waals surface area contributed by atoms with E-state index in [0.29, 0.717) is 5.75 Å². The number of carbonyl (C=O) groups excluding carboxylic acids is 1. The third-order valence-corrected chi connectivity index (χ3v) is 6.49. The molecule has 1 aromatic carbocycles. The molecule has 1 heterocycles. The van der Waals surface area contributed by atoms with Crippen LogP contribution in [-0.2, 0) is 11.2 Å². The second kappa shape index (κ2) is 14.2. The Morgan fingerprint density at radius 3 is 2.16 bits per heavy atom. The minimum atomic E-state index is -0.625. The molecule has 0 amide bonds. The lowest BCUT2D eigenvalue weighted by molar-refractivity contribution is -0.134. The molecule has 2 atom stereocenters. The van der Waals surface area contributed by atoms with Crippen LogP contribution in [0.4, 0.5) is 0 Å². The Balaban J connectivity index is 1.77. The van der Waals surface area contributed by atoms with Gasteiger partial charge in [0.05, 0.1) is 5.69 Å². The van der Waals surface area contributed by atoms with Gasteiger partial charge in [-0.1, -0.05) is 78.2 Å². The minimum absolute atomic E-state index is 0.0851. The molecule has 170 valence electrons. The second-order valence-electron chi connectivity index (χ2n) is 8.51. The van der Waals surface area contributed by atoms with Crippen molar-refractivity contribution in [2.45, 2.75) is 90.4 Å². The summed E-state index contributed by atoms with van der Waals surface area (Å²) in [6.45, 7) is 6.22. The van der Waals surface area contributed by atoms with E-state index in [1.54, 1.807) is 12.1 Å². The van der Waals surface area contributed by atoms with Crippen molar-refractivity contribution in [3.63, 3.8) is 0 Å². The summed E-state index contributed by atoms with van der Waals surface area (Å²) in [6.07, 6.45) is 14.6. The average molecular weight is 444 g/mol. The molecule has 0 bridgehead atoms. The molecule has 0 radical (unpaired) electrons. The summed E-state index contributed by atoms with van der Waals surface area (Å²) in [5.41, 5.74) is 3.22.